The number of fused-ring (bicyclic) bond motifs is 2. The Balaban J connectivity index is 1.34. The van der Waals surface area contributed by atoms with Crippen LogP contribution in [-0.4, -0.2) is 25.7 Å². The first-order valence-electron chi connectivity index (χ1n) is 9.15. The summed E-state index contributed by atoms with van der Waals surface area (Å²) in [4.78, 5) is 12.2. The third-order valence-electron chi connectivity index (χ3n) is 4.44. The maximum atomic E-state index is 12.2. The fraction of sp³-hybridized carbons (Fsp3) is 0.227. The molecule has 0 saturated heterocycles. The molecule has 1 aliphatic rings. The van der Waals surface area contributed by atoms with Gasteiger partial charge in [-0.3, -0.25) is 4.79 Å². The summed E-state index contributed by atoms with van der Waals surface area (Å²) in [5.41, 5.74) is 0.841. The summed E-state index contributed by atoms with van der Waals surface area (Å²) in [6.07, 6.45) is 0.809. The molecule has 0 bridgehead atoms. The molecule has 1 heterocycles. The first-order chi connectivity index (χ1) is 13.7. The van der Waals surface area contributed by atoms with E-state index in [9.17, 15) is 4.79 Å². The van der Waals surface area contributed by atoms with Crippen LogP contribution in [0.5, 0.6) is 17.2 Å². The molecule has 0 aromatic heterocycles. The van der Waals surface area contributed by atoms with Crippen molar-refractivity contribution in [3.8, 4) is 17.2 Å². The number of hydrogen-bond acceptors (Lipinski definition) is 4. The van der Waals surface area contributed by atoms with Crippen LogP contribution < -0.4 is 19.5 Å². The number of benzene rings is 3. The molecule has 0 saturated carbocycles. The Kier molecular flexibility index (Phi) is 5.53. The zero-order valence-corrected chi connectivity index (χ0v) is 16.0. The van der Waals surface area contributed by atoms with E-state index < -0.39 is 0 Å². The van der Waals surface area contributed by atoms with Gasteiger partial charge in [-0.2, -0.15) is 0 Å². The molecule has 0 radical (unpaired) electrons. The number of amides is 1. The smallest absolute Gasteiger partial charge is 0.258 e. The molecule has 6 heteroatoms. The molecule has 0 fully saturated rings. The van der Waals surface area contributed by atoms with Crippen molar-refractivity contribution >= 4 is 28.3 Å². The van der Waals surface area contributed by atoms with Crippen LogP contribution in [0.25, 0.3) is 10.8 Å². The monoisotopic (exact) mass is 397 g/mol. The Morgan fingerprint density at radius 1 is 1.04 bits per heavy atom. The topological polar surface area (TPSA) is 56.8 Å². The molecule has 3 aromatic carbocycles. The molecule has 0 atom stereocenters. The van der Waals surface area contributed by atoms with Crippen LogP contribution in [0.3, 0.4) is 0 Å². The van der Waals surface area contributed by atoms with Gasteiger partial charge in [0, 0.05) is 13.0 Å². The lowest BCUT2D eigenvalue weighted by Gasteiger charge is -2.12. The molecule has 4 rings (SSSR count). The van der Waals surface area contributed by atoms with Crippen molar-refractivity contribution in [2.75, 3.05) is 19.8 Å². The maximum absolute atomic E-state index is 12.2. The first-order valence-corrected chi connectivity index (χ1v) is 9.53. The minimum atomic E-state index is -0.212. The molecule has 1 N–H and O–H groups in total. The van der Waals surface area contributed by atoms with Gasteiger partial charge in [-0.15, -0.1) is 0 Å². The summed E-state index contributed by atoms with van der Waals surface area (Å²) in [5, 5.41) is 5.52. The van der Waals surface area contributed by atoms with Crippen molar-refractivity contribution in [1.29, 1.82) is 0 Å². The standard InChI is InChI=1S/C22H20ClNO4/c23-19-10-15(11-20-22(19)27-9-3-8-26-20)13-24-21(25)14-28-18-7-6-16-4-1-2-5-17(16)12-18/h1-2,4-7,10-12H,3,8-9,13-14H2,(H,24,25). The number of hydrogen-bond donors (Lipinski definition) is 1. The Morgan fingerprint density at radius 3 is 2.75 bits per heavy atom. The first kappa shape index (κ1) is 18.4. The number of rotatable bonds is 5. The van der Waals surface area contributed by atoms with Gasteiger partial charge in [0.05, 0.1) is 18.2 Å². The lowest BCUT2D eigenvalue weighted by Crippen LogP contribution is -2.28. The molecule has 0 aliphatic carbocycles. The summed E-state index contributed by atoms with van der Waals surface area (Å²) in [5.74, 6) is 1.62. The van der Waals surface area contributed by atoms with Crippen LogP contribution >= 0.6 is 11.6 Å². The van der Waals surface area contributed by atoms with Crippen molar-refractivity contribution < 1.29 is 19.0 Å². The van der Waals surface area contributed by atoms with Crippen LogP contribution in [0, 0.1) is 0 Å². The molecular weight excluding hydrogens is 378 g/mol. The predicted molar refractivity (Wildman–Crippen MR) is 108 cm³/mol. The summed E-state index contributed by atoms with van der Waals surface area (Å²) in [7, 11) is 0. The zero-order valence-electron chi connectivity index (χ0n) is 15.2. The minimum absolute atomic E-state index is 0.0589. The normalized spacial score (nSPS) is 13.0. The Hall–Kier alpha value is -2.92. The van der Waals surface area contributed by atoms with Crippen LogP contribution in [0.15, 0.2) is 54.6 Å². The van der Waals surface area contributed by atoms with Crippen molar-refractivity contribution in [3.63, 3.8) is 0 Å². The van der Waals surface area contributed by atoms with Gasteiger partial charge in [0.2, 0.25) is 0 Å². The highest BCUT2D eigenvalue weighted by Crippen LogP contribution is 2.37. The van der Waals surface area contributed by atoms with E-state index in [4.69, 9.17) is 25.8 Å². The van der Waals surface area contributed by atoms with Crippen LogP contribution in [0.4, 0.5) is 0 Å². The average Bonchev–Trinajstić information content (AvgIpc) is 2.96. The van der Waals surface area contributed by atoms with E-state index >= 15 is 0 Å². The van der Waals surface area contributed by atoms with Crippen LogP contribution in [0.2, 0.25) is 5.02 Å². The highest BCUT2D eigenvalue weighted by molar-refractivity contribution is 6.32. The van der Waals surface area contributed by atoms with Gasteiger partial charge in [-0.05, 0) is 40.6 Å². The zero-order chi connectivity index (χ0) is 19.3. The predicted octanol–water partition coefficient (Wildman–Crippen LogP) is 4.35. The molecule has 1 amide bonds. The largest absolute Gasteiger partial charge is 0.489 e. The van der Waals surface area contributed by atoms with E-state index in [1.807, 2.05) is 48.5 Å². The van der Waals surface area contributed by atoms with Gasteiger partial charge < -0.3 is 19.5 Å². The summed E-state index contributed by atoms with van der Waals surface area (Å²) < 4.78 is 16.9. The van der Waals surface area contributed by atoms with E-state index in [0.717, 1.165) is 22.8 Å². The molecule has 5 nitrogen and oxygen atoms in total. The van der Waals surface area contributed by atoms with Crippen LogP contribution in [-0.2, 0) is 11.3 Å². The fourth-order valence-electron chi connectivity index (χ4n) is 3.04. The summed E-state index contributed by atoms with van der Waals surface area (Å²) in [6, 6.07) is 17.4. The lowest BCUT2D eigenvalue weighted by atomic mass is 10.1. The quantitative estimate of drug-likeness (QED) is 0.695. The number of carbonyl (C=O) groups excluding carboxylic acids is 1. The second-order valence-corrected chi connectivity index (χ2v) is 6.94. The SMILES string of the molecule is O=C(COc1ccc2ccccc2c1)NCc1cc(Cl)c2c(c1)OCCCO2. The van der Waals surface area contributed by atoms with Gasteiger partial charge in [0.15, 0.2) is 18.1 Å². The van der Waals surface area contributed by atoms with E-state index in [1.54, 1.807) is 6.07 Å². The third-order valence-corrected chi connectivity index (χ3v) is 4.72. The molecule has 28 heavy (non-hydrogen) atoms. The number of halogens is 1. The van der Waals surface area contributed by atoms with E-state index in [0.29, 0.717) is 42.0 Å². The van der Waals surface area contributed by atoms with Gasteiger partial charge in [-0.25, -0.2) is 0 Å². The van der Waals surface area contributed by atoms with E-state index in [1.165, 1.54) is 0 Å². The lowest BCUT2D eigenvalue weighted by molar-refractivity contribution is -0.123. The fourth-order valence-corrected chi connectivity index (χ4v) is 3.33. The third kappa shape index (κ3) is 4.31. The Bertz CT molecular complexity index is 1000. The van der Waals surface area contributed by atoms with Crippen molar-refractivity contribution in [1.82, 2.24) is 5.32 Å². The molecule has 1 aliphatic heterocycles. The molecule has 0 unspecified atom stereocenters. The van der Waals surface area contributed by atoms with Gasteiger partial charge >= 0.3 is 0 Å². The maximum Gasteiger partial charge on any atom is 0.258 e. The Morgan fingerprint density at radius 2 is 1.86 bits per heavy atom. The minimum Gasteiger partial charge on any atom is -0.489 e. The average molecular weight is 398 g/mol. The van der Waals surface area contributed by atoms with E-state index in [2.05, 4.69) is 5.32 Å². The van der Waals surface area contributed by atoms with Gasteiger partial charge in [0.1, 0.15) is 5.75 Å². The molecule has 144 valence electrons. The summed E-state index contributed by atoms with van der Waals surface area (Å²) >= 11 is 6.28. The molecule has 0 spiro atoms. The van der Waals surface area contributed by atoms with Crippen molar-refractivity contribution in [2.45, 2.75) is 13.0 Å². The van der Waals surface area contributed by atoms with E-state index in [-0.39, 0.29) is 12.5 Å². The number of ether oxygens (including phenoxy) is 3. The van der Waals surface area contributed by atoms with Crippen molar-refractivity contribution in [3.05, 3.63) is 65.2 Å². The van der Waals surface area contributed by atoms with Crippen molar-refractivity contribution in [2.24, 2.45) is 0 Å². The highest BCUT2D eigenvalue weighted by atomic mass is 35.5. The highest BCUT2D eigenvalue weighted by Gasteiger charge is 2.16. The Labute approximate surface area is 168 Å². The molecular formula is C22H20ClNO4. The summed E-state index contributed by atoms with van der Waals surface area (Å²) in [6.45, 7) is 1.43. The number of carbonyl (C=O) groups is 1. The number of nitrogens with one attached hydrogen (secondary N) is 1. The van der Waals surface area contributed by atoms with Crippen LogP contribution in [0.1, 0.15) is 12.0 Å². The van der Waals surface area contributed by atoms with Gasteiger partial charge in [0.25, 0.3) is 5.91 Å². The second-order valence-electron chi connectivity index (χ2n) is 6.53. The van der Waals surface area contributed by atoms with Gasteiger partial charge in [-0.1, -0.05) is 41.9 Å². The second kappa shape index (κ2) is 8.40. The molecule has 3 aromatic rings.